The summed E-state index contributed by atoms with van der Waals surface area (Å²) in [5, 5.41) is 8.04. The van der Waals surface area contributed by atoms with Crippen LogP contribution in [0.4, 0.5) is 0 Å². The Morgan fingerprint density at radius 1 is 1.22 bits per heavy atom. The van der Waals surface area contributed by atoms with Crippen LogP contribution in [0.15, 0.2) is 16.6 Å². The van der Waals surface area contributed by atoms with Crippen molar-refractivity contribution in [3.05, 3.63) is 39.1 Å². The molecule has 94 valence electrons. The van der Waals surface area contributed by atoms with Crippen LogP contribution in [-0.4, -0.2) is 20.8 Å². The summed E-state index contributed by atoms with van der Waals surface area (Å²) in [7, 11) is 0. The van der Waals surface area contributed by atoms with Crippen molar-refractivity contribution in [2.45, 2.75) is 27.7 Å². The first-order valence-corrected chi connectivity index (χ1v) is 6.41. The number of nitrogens with zero attached hydrogens (tertiary/aromatic N) is 3. The number of aromatic nitrogens is 3. The largest absolute Gasteiger partial charge is 0.293 e. The molecule has 1 heterocycles. The Hall–Kier alpha value is -1.49. The molecular formula is C13H14BrN3O. The van der Waals surface area contributed by atoms with E-state index in [4.69, 9.17) is 0 Å². The molecule has 0 atom stereocenters. The standard InChI is InChI=1S/C13H14BrN3O/c1-7-5-11(14)6-8(2)13(7)17-9(3)12(10(4)18)15-16-17/h5-6H,1-4H3. The number of hydrogen-bond donors (Lipinski definition) is 0. The van der Waals surface area contributed by atoms with Gasteiger partial charge < -0.3 is 0 Å². The third-order valence-electron chi connectivity index (χ3n) is 2.90. The molecule has 0 saturated heterocycles. The van der Waals surface area contributed by atoms with Crippen molar-refractivity contribution in [2.75, 3.05) is 0 Å². The average molecular weight is 308 g/mol. The fourth-order valence-corrected chi connectivity index (χ4v) is 2.79. The Kier molecular flexibility index (Phi) is 3.34. The van der Waals surface area contributed by atoms with Gasteiger partial charge in [0, 0.05) is 11.4 Å². The number of carbonyl (C=O) groups excluding carboxylic acids is 1. The molecule has 2 aromatic rings. The highest BCUT2D eigenvalue weighted by molar-refractivity contribution is 9.10. The van der Waals surface area contributed by atoms with E-state index in [9.17, 15) is 4.79 Å². The second-order valence-electron chi connectivity index (χ2n) is 4.38. The van der Waals surface area contributed by atoms with E-state index in [1.54, 1.807) is 4.68 Å². The van der Waals surface area contributed by atoms with Gasteiger partial charge in [-0.25, -0.2) is 4.68 Å². The second kappa shape index (κ2) is 4.65. The van der Waals surface area contributed by atoms with E-state index < -0.39 is 0 Å². The Balaban J connectivity index is 2.67. The minimum Gasteiger partial charge on any atom is -0.293 e. The smallest absolute Gasteiger partial charge is 0.181 e. The van der Waals surface area contributed by atoms with Gasteiger partial charge in [0.05, 0.1) is 11.4 Å². The van der Waals surface area contributed by atoms with Crippen LogP contribution in [0.2, 0.25) is 0 Å². The van der Waals surface area contributed by atoms with Crippen molar-refractivity contribution >= 4 is 21.7 Å². The van der Waals surface area contributed by atoms with E-state index in [2.05, 4.69) is 26.2 Å². The lowest BCUT2D eigenvalue weighted by atomic mass is 10.1. The van der Waals surface area contributed by atoms with Gasteiger partial charge in [-0.15, -0.1) is 5.10 Å². The lowest BCUT2D eigenvalue weighted by molar-refractivity contribution is 0.101. The minimum absolute atomic E-state index is 0.0637. The molecule has 0 aliphatic heterocycles. The molecule has 18 heavy (non-hydrogen) atoms. The number of ketones is 1. The molecule has 0 N–H and O–H groups in total. The van der Waals surface area contributed by atoms with Gasteiger partial charge in [0.15, 0.2) is 11.5 Å². The van der Waals surface area contributed by atoms with Crippen LogP contribution in [0.1, 0.15) is 34.2 Å². The molecule has 1 aromatic heterocycles. The topological polar surface area (TPSA) is 47.8 Å². The predicted octanol–water partition coefficient (Wildman–Crippen LogP) is 3.16. The number of carbonyl (C=O) groups is 1. The van der Waals surface area contributed by atoms with Gasteiger partial charge in [-0.1, -0.05) is 21.1 Å². The van der Waals surface area contributed by atoms with Crippen LogP contribution in [0.5, 0.6) is 0 Å². The van der Waals surface area contributed by atoms with Crippen LogP contribution in [0.3, 0.4) is 0 Å². The molecule has 0 unspecified atom stereocenters. The quantitative estimate of drug-likeness (QED) is 0.801. The van der Waals surface area contributed by atoms with Crippen molar-refractivity contribution in [3.63, 3.8) is 0 Å². The van der Waals surface area contributed by atoms with Crippen LogP contribution >= 0.6 is 15.9 Å². The first kappa shape index (κ1) is 13.0. The van der Waals surface area contributed by atoms with E-state index in [1.165, 1.54) is 6.92 Å². The lowest BCUT2D eigenvalue weighted by Gasteiger charge is -2.11. The Labute approximate surface area is 114 Å². The fourth-order valence-electron chi connectivity index (χ4n) is 2.10. The van der Waals surface area contributed by atoms with Gasteiger partial charge in [-0.3, -0.25) is 4.79 Å². The molecule has 1 aromatic carbocycles. The highest BCUT2D eigenvalue weighted by Gasteiger charge is 2.16. The number of aryl methyl sites for hydroxylation is 2. The van der Waals surface area contributed by atoms with Gasteiger partial charge in [0.2, 0.25) is 0 Å². The maximum absolute atomic E-state index is 11.4. The zero-order chi connectivity index (χ0) is 13.4. The van der Waals surface area contributed by atoms with Crippen LogP contribution < -0.4 is 0 Å². The molecule has 0 aliphatic carbocycles. The Bertz CT molecular complexity index is 608. The molecule has 0 fully saturated rings. The maximum Gasteiger partial charge on any atom is 0.181 e. The molecule has 0 radical (unpaired) electrons. The van der Waals surface area contributed by atoms with E-state index in [1.807, 2.05) is 32.9 Å². The minimum atomic E-state index is -0.0637. The summed E-state index contributed by atoms with van der Waals surface area (Å²) in [4.78, 5) is 11.4. The van der Waals surface area contributed by atoms with Gasteiger partial charge in [0.1, 0.15) is 0 Å². The van der Waals surface area contributed by atoms with E-state index in [0.717, 1.165) is 27.0 Å². The summed E-state index contributed by atoms with van der Waals surface area (Å²) < 4.78 is 2.76. The monoisotopic (exact) mass is 307 g/mol. The molecule has 2 rings (SSSR count). The first-order valence-electron chi connectivity index (χ1n) is 5.62. The number of hydrogen-bond acceptors (Lipinski definition) is 3. The van der Waals surface area contributed by atoms with Crippen molar-refractivity contribution in [1.29, 1.82) is 0 Å². The zero-order valence-corrected chi connectivity index (χ0v) is 12.4. The first-order chi connectivity index (χ1) is 8.41. The molecule has 0 bridgehead atoms. The summed E-state index contributed by atoms with van der Waals surface area (Å²) in [5.74, 6) is -0.0637. The molecule has 0 spiro atoms. The van der Waals surface area contributed by atoms with Crippen molar-refractivity contribution < 1.29 is 4.79 Å². The normalized spacial score (nSPS) is 10.7. The van der Waals surface area contributed by atoms with Crippen molar-refractivity contribution in [2.24, 2.45) is 0 Å². The molecule has 0 saturated carbocycles. The molecule has 0 aliphatic rings. The number of Topliss-reactive ketones (excluding diaryl/α,β-unsaturated/α-hetero) is 1. The molecule has 5 heteroatoms. The summed E-state index contributed by atoms with van der Waals surface area (Å²) in [6.07, 6.45) is 0. The summed E-state index contributed by atoms with van der Waals surface area (Å²) in [5.41, 5.74) is 4.36. The number of benzene rings is 1. The molecular weight excluding hydrogens is 294 g/mol. The number of rotatable bonds is 2. The molecule has 4 nitrogen and oxygen atoms in total. The summed E-state index contributed by atoms with van der Waals surface area (Å²) in [6.45, 7) is 7.39. The number of halogens is 1. The van der Waals surface area contributed by atoms with Crippen LogP contribution in [0.25, 0.3) is 5.69 Å². The Morgan fingerprint density at radius 2 is 1.78 bits per heavy atom. The SMILES string of the molecule is CC(=O)c1nnn(-c2c(C)cc(Br)cc2C)c1C. The van der Waals surface area contributed by atoms with Gasteiger partial charge in [-0.2, -0.15) is 0 Å². The third-order valence-corrected chi connectivity index (χ3v) is 3.35. The predicted molar refractivity (Wildman–Crippen MR) is 73.3 cm³/mol. The fraction of sp³-hybridized carbons (Fsp3) is 0.308. The van der Waals surface area contributed by atoms with E-state index in [0.29, 0.717) is 5.69 Å². The highest BCUT2D eigenvalue weighted by Crippen LogP contribution is 2.25. The van der Waals surface area contributed by atoms with E-state index in [-0.39, 0.29) is 5.78 Å². The summed E-state index contributed by atoms with van der Waals surface area (Å²) >= 11 is 3.47. The van der Waals surface area contributed by atoms with E-state index >= 15 is 0 Å². The zero-order valence-electron chi connectivity index (χ0n) is 10.8. The van der Waals surface area contributed by atoms with Gasteiger partial charge in [0.25, 0.3) is 0 Å². The van der Waals surface area contributed by atoms with Gasteiger partial charge >= 0.3 is 0 Å². The van der Waals surface area contributed by atoms with Crippen molar-refractivity contribution in [1.82, 2.24) is 15.0 Å². The van der Waals surface area contributed by atoms with Gasteiger partial charge in [-0.05, 0) is 44.0 Å². The average Bonchev–Trinajstić information content (AvgIpc) is 2.59. The molecule has 0 amide bonds. The maximum atomic E-state index is 11.4. The third kappa shape index (κ3) is 2.10. The van der Waals surface area contributed by atoms with Crippen molar-refractivity contribution in [3.8, 4) is 5.69 Å². The highest BCUT2D eigenvalue weighted by atomic mass is 79.9. The summed E-state index contributed by atoms with van der Waals surface area (Å²) in [6, 6.07) is 4.05. The second-order valence-corrected chi connectivity index (χ2v) is 5.30. The lowest BCUT2D eigenvalue weighted by Crippen LogP contribution is -2.05. The van der Waals surface area contributed by atoms with Crippen LogP contribution in [-0.2, 0) is 0 Å². The van der Waals surface area contributed by atoms with Crippen LogP contribution in [0, 0.1) is 20.8 Å². The Morgan fingerprint density at radius 3 is 2.22 bits per heavy atom.